The molecule has 74 valence electrons. The Bertz CT molecular complexity index is 105. The summed E-state index contributed by atoms with van der Waals surface area (Å²) in [7, 11) is 0. The molecule has 0 aliphatic heterocycles. The molecule has 0 radical (unpaired) electrons. The lowest BCUT2D eigenvalue weighted by Crippen LogP contribution is -2.30. The molecule has 3 nitrogen and oxygen atoms in total. The van der Waals surface area contributed by atoms with Crippen molar-refractivity contribution in [2.24, 2.45) is 5.73 Å². The van der Waals surface area contributed by atoms with Crippen molar-refractivity contribution in [3.8, 4) is 0 Å². The number of rotatable bonds is 3. The van der Waals surface area contributed by atoms with Crippen LogP contribution in [0.1, 0.15) is 19.8 Å². The largest absolute Gasteiger partial charge is 0.379 e. The maximum Gasteiger partial charge on any atom is 0.379 e. The molecule has 12 heavy (non-hydrogen) atoms. The van der Waals surface area contributed by atoms with Gasteiger partial charge in [-0.25, -0.2) is 0 Å². The molecule has 0 heterocycles. The Hall–Kier alpha value is -0.940. The molecule has 0 saturated carbocycles. The van der Waals surface area contributed by atoms with E-state index in [1.807, 2.05) is 0 Å². The third-order valence-corrected chi connectivity index (χ3v) is 0.846. The summed E-state index contributed by atoms with van der Waals surface area (Å²) in [5.74, 6) is 0.0680. The Balaban J connectivity index is 0. The summed E-state index contributed by atoms with van der Waals surface area (Å²) in [5.41, 5.74) is 5.01. The highest BCUT2D eigenvalue weighted by Crippen LogP contribution is 1.87. The number of hydrogen-bond donors (Lipinski definition) is 3. The summed E-state index contributed by atoms with van der Waals surface area (Å²) in [6, 6.07) is 0. The third kappa shape index (κ3) is 35.7. The molecule has 6 heteroatoms. The van der Waals surface area contributed by atoms with Crippen LogP contribution in [0.25, 0.3) is 0 Å². The van der Waals surface area contributed by atoms with Crippen LogP contribution in [0.5, 0.6) is 0 Å². The van der Waals surface area contributed by atoms with Crippen LogP contribution in [0.4, 0.5) is 13.2 Å². The van der Waals surface area contributed by atoms with Gasteiger partial charge in [0.25, 0.3) is 0 Å². The first-order chi connectivity index (χ1) is 5.50. The normalized spacial score (nSPS) is 8.75. The lowest BCUT2D eigenvalue weighted by molar-refractivity contribution is 0.00819. The van der Waals surface area contributed by atoms with Gasteiger partial charge in [-0.1, -0.05) is 13.3 Å². The van der Waals surface area contributed by atoms with E-state index in [1.165, 1.54) is 0 Å². The number of nitrogens with one attached hydrogen (secondary N) is 2. The Morgan fingerprint density at radius 3 is 2.17 bits per heavy atom. The fraction of sp³-hybridized carbons (Fsp3) is 0.833. The Labute approximate surface area is 69.6 Å². The first kappa shape index (κ1) is 13.6. The topological polar surface area (TPSA) is 61.9 Å². The molecule has 0 rings (SSSR count). The minimum absolute atomic E-state index is 0.0680. The predicted octanol–water partition coefficient (Wildman–Crippen LogP) is 1.45. The standard InChI is InChI=1S/C5H13N3.CHF3/c1-2-3-4-8-5(6)7;2-1(3)4/h2-4H2,1H3,(H4,6,7,8);1H. The van der Waals surface area contributed by atoms with Crippen molar-refractivity contribution < 1.29 is 13.2 Å². The van der Waals surface area contributed by atoms with Crippen LogP contribution in [0.15, 0.2) is 0 Å². The van der Waals surface area contributed by atoms with Crippen molar-refractivity contribution in [1.29, 1.82) is 5.41 Å². The molecule has 0 aromatic carbocycles. The summed E-state index contributed by atoms with van der Waals surface area (Å²) in [6.45, 7) is -0.742. The van der Waals surface area contributed by atoms with Gasteiger partial charge >= 0.3 is 6.68 Å². The van der Waals surface area contributed by atoms with Crippen molar-refractivity contribution >= 4 is 5.96 Å². The SMILES string of the molecule is CCCCNC(=N)N.FC(F)F. The fourth-order valence-electron chi connectivity index (χ4n) is 0.400. The Morgan fingerprint density at radius 2 is 1.92 bits per heavy atom. The maximum atomic E-state index is 9.67. The zero-order chi connectivity index (χ0) is 9.98. The Morgan fingerprint density at radius 1 is 1.50 bits per heavy atom. The number of halogens is 3. The van der Waals surface area contributed by atoms with Gasteiger partial charge in [0.15, 0.2) is 5.96 Å². The smallest absolute Gasteiger partial charge is 0.370 e. The van der Waals surface area contributed by atoms with Crippen LogP contribution < -0.4 is 11.1 Å². The maximum absolute atomic E-state index is 9.67. The molecule has 0 aliphatic carbocycles. The van der Waals surface area contributed by atoms with E-state index in [0.29, 0.717) is 0 Å². The summed E-state index contributed by atoms with van der Waals surface area (Å²) in [4.78, 5) is 0. The molecular weight excluding hydrogens is 171 g/mol. The third-order valence-electron chi connectivity index (χ3n) is 0.846. The van der Waals surface area contributed by atoms with E-state index in [0.717, 1.165) is 19.4 Å². The lowest BCUT2D eigenvalue weighted by Gasteiger charge is -1.98. The molecule has 0 unspecified atom stereocenters. The van der Waals surface area contributed by atoms with Crippen molar-refractivity contribution in [2.45, 2.75) is 26.4 Å². The van der Waals surface area contributed by atoms with E-state index in [4.69, 9.17) is 11.1 Å². The van der Waals surface area contributed by atoms with Gasteiger partial charge in [-0.15, -0.1) is 0 Å². The van der Waals surface area contributed by atoms with Crippen LogP contribution in [0.2, 0.25) is 0 Å². The number of guanidine groups is 1. The van der Waals surface area contributed by atoms with Gasteiger partial charge in [-0.05, 0) is 6.42 Å². The Kier molecular flexibility index (Phi) is 11.4. The molecule has 0 saturated heterocycles. The van der Waals surface area contributed by atoms with Gasteiger partial charge in [0.2, 0.25) is 0 Å². The van der Waals surface area contributed by atoms with Gasteiger partial charge in [0, 0.05) is 6.54 Å². The van der Waals surface area contributed by atoms with Gasteiger partial charge in [-0.2, -0.15) is 13.2 Å². The number of hydrogen-bond acceptors (Lipinski definition) is 1. The van der Waals surface area contributed by atoms with E-state index < -0.39 is 6.68 Å². The molecule has 0 aromatic rings. The second-order valence-electron chi connectivity index (χ2n) is 1.94. The second-order valence-corrected chi connectivity index (χ2v) is 1.94. The predicted molar refractivity (Wildman–Crippen MR) is 41.9 cm³/mol. The minimum atomic E-state index is -3.67. The average Bonchev–Trinajstić information content (AvgIpc) is 1.86. The van der Waals surface area contributed by atoms with E-state index in [2.05, 4.69) is 12.2 Å². The van der Waals surface area contributed by atoms with Crippen molar-refractivity contribution in [1.82, 2.24) is 5.32 Å². The monoisotopic (exact) mass is 185 g/mol. The van der Waals surface area contributed by atoms with Crippen LogP contribution in [0.3, 0.4) is 0 Å². The fourth-order valence-corrected chi connectivity index (χ4v) is 0.400. The molecule has 0 aliphatic rings. The first-order valence-electron chi connectivity index (χ1n) is 3.50. The molecule has 0 aromatic heterocycles. The molecular formula is C6H14F3N3. The van der Waals surface area contributed by atoms with Crippen LogP contribution in [-0.4, -0.2) is 19.2 Å². The number of nitrogens with two attached hydrogens (primary N) is 1. The highest BCUT2D eigenvalue weighted by molar-refractivity contribution is 5.74. The summed E-state index contributed by atoms with van der Waals surface area (Å²) >= 11 is 0. The minimum Gasteiger partial charge on any atom is -0.370 e. The van der Waals surface area contributed by atoms with Gasteiger partial charge < -0.3 is 11.1 Å². The van der Waals surface area contributed by atoms with Crippen molar-refractivity contribution in [3.05, 3.63) is 0 Å². The van der Waals surface area contributed by atoms with E-state index in [9.17, 15) is 13.2 Å². The number of alkyl halides is 3. The van der Waals surface area contributed by atoms with Gasteiger partial charge in [0.05, 0.1) is 0 Å². The average molecular weight is 185 g/mol. The van der Waals surface area contributed by atoms with Crippen molar-refractivity contribution in [2.75, 3.05) is 6.54 Å². The van der Waals surface area contributed by atoms with Crippen molar-refractivity contribution in [3.63, 3.8) is 0 Å². The zero-order valence-electron chi connectivity index (χ0n) is 6.91. The van der Waals surface area contributed by atoms with Crippen LogP contribution >= 0.6 is 0 Å². The van der Waals surface area contributed by atoms with E-state index >= 15 is 0 Å². The summed E-state index contributed by atoms with van der Waals surface area (Å²) < 4.78 is 29.0. The second kappa shape index (κ2) is 10.1. The van der Waals surface area contributed by atoms with Crippen LogP contribution in [-0.2, 0) is 0 Å². The van der Waals surface area contributed by atoms with Gasteiger partial charge in [-0.3, -0.25) is 5.41 Å². The molecule has 0 amide bonds. The highest BCUT2D eigenvalue weighted by atomic mass is 19.4. The summed E-state index contributed by atoms with van der Waals surface area (Å²) in [5, 5.41) is 9.45. The zero-order valence-corrected chi connectivity index (χ0v) is 6.91. The molecule has 4 N–H and O–H groups in total. The lowest BCUT2D eigenvalue weighted by atomic mass is 10.3. The molecule has 0 bridgehead atoms. The highest BCUT2D eigenvalue weighted by Gasteiger charge is 1.86. The van der Waals surface area contributed by atoms with Crippen LogP contribution in [0, 0.1) is 5.41 Å². The summed E-state index contributed by atoms with van der Waals surface area (Å²) in [6.07, 6.45) is 2.22. The molecule has 0 spiro atoms. The first-order valence-corrected chi connectivity index (χ1v) is 3.50. The van der Waals surface area contributed by atoms with E-state index in [1.54, 1.807) is 0 Å². The van der Waals surface area contributed by atoms with Gasteiger partial charge in [0.1, 0.15) is 0 Å². The van der Waals surface area contributed by atoms with E-state index in [-0.39, 0.29) is 5.96 Å². The molecule has 0 atom stereocenters. The quantitative estimate of drug-likeness (QED) is 0.354. The molecule has 0 fully saturated rings. The number of unbranched alkanes of at least 4 members (excludes halogenated alkanes) is 1.